The molecule has 0 aliphatic heterocycles. The molecular formula is C26H24F6N4O2. The van der Waals surface area contributed by atoms with E-state index < -0.39 is 29.4 Å². The van der Waals surface area contributed by atoms with E-state index in [1.807, 2.05) is 13.0 Å². The topological polar surface area (TPSA) is 90.9 Å². The first-order valence-corrected chi connectivity index (χ1v) is 11.6. The fourth-order valence-electron chi connectivity index (χ4n) is 3.89. The SMILES string of the molecule is CCCCNC(=O)c1c(-c2ccccc2)nc(-c2ccc(C(O)(C(F)(F)F)C(F)(F)F)cc2)n1CCC#N. The van der Waals surface area contributed by atoms with Gasteiger partial charge >= 0.3 is 12.4 Å². The summed E-state index contributed by atoms with van der Waals surface area (Å²) in [6.45, 7) is 2.29. The van der Waals surface area contributed by atoms with E-state index in [1.54, 1.807) is 30.3 Å². The summed E-state index contributed by atoms with van der Waals surface area (Å²) in [5, 5.41) is 21.7. The fourth-order valence-corrected chi connectivity index (χ4v) is 3.89. The van der Waals surface area contributed by atoms with Gasteiger partial charge in [0.05, 0.1) is 12.5 Å². The van der Waals surface area contributed by atoms with Gasteiger partial charge in [0.15, 0.2) is 0 Å². The smallest absolute Gasteiger partial charge is 0.369 e. The van der Waals surface area contributed by atoms with Gasteiger partial charge in [0.25, 0.3) is 11.5 Å². The lowest BCUT2D eigenvalue weighted by Crippen LogP contribution is -2.53. The van der Waals surface area contributed by atoms with Gasteiger partial charge in [-0.1, -0.05) is 67.9 Å². The molecule has 0 radical (unpaired) electrons. The lowest BCUT2D eigenvalue weighted by Gasteiger charge is -2.32. The van der Waals surface area contributed by atoms with Gasteiger partial charge in [0.2, 0.25) is 0 Å². The molecule has 0 unspecified atom stereocenters. The third kappa shape index (κ3) is 5.52. The summed E-state index contributed by atoms with van der Waals surface area (Å²) < 4.78 is 81.3. The molecule has 0 aliphatic rings. The summed E-state index contributed by atoms with van der Waals surface area (Å²) in [6.07, 6.45) is -10.6. The highest BCUT2D eigenvalue weighted by Crippen LogP contribution is 2.50. The van der Waals surface area contributed by atoms with Crippen LogP contribution in [0.5, 0.6) is 0 Å². The quantitative estimate of drug-likeness (QED) is 0.259. The zero-order valence-corrected chi connectivity index (χ0v) is 20.2. The Morgan fingerprint density at radius 2 is 1.61 bits per heavy atom. The zero-order valence-electron chi connectivity index (χ0n) is 20.2. The lowest BCUT2D eigenvalue weighted by molar-refractivity contribution is -0.376. The molecule has 38 heavy (non-hydrogen) atoms. The molecule has 6 nitrogen and oxygen atoms in total. The van der Waals surface area contributed by atoms with E-state index in [9.17, 15) is 36.2 Å². The first-order valence-electron chi connectivity index (χ1n) is 11.6. The molecule has 1 heterocycles. The number of carbonyl (C=O) groups excluding carboxylic acids is 1. The van der Waals surface area contributed by atoms with E-state index >= 15 is 0 Å². The van der Waals surface area contributed by atoms with E-state index in [0.29, 0.717) is 30.7 Å². The Hall–Kier alpha value is -3.85. The van der Waals surface area contributed by atoms with Gasteiger partial charge in [-0.15, -0.1) is 0 Å². The average Bonchev–Trinajstić information content (AvgIpc) is 3.26. The van der Waals surface area contributed by atoms with Crippen LogP contribution in [0.2, 0.25) is 0 Å². The number of unbranched alkanes of at least 4 members (excludes halogenated alkanes) is 1. The highest BCUT2D eigenvalue weighted by atomic mass is 19.4. The maximum atomic E-state index is 13.3. The van der Waals surface area contributed by atoms with Crippen molar-refractivity contribution in [1.82, 2.24) is 14.9 Å². The number of nitriles is 1. The minimum Gasteiger partial charge on any atom is -0.369 e. The van der Waals surface area contributed by atoms with E-state index in [4.69, 9.17) is 5.26 Å². The molecule has 0 bridgehead atoms. The van der Waals surface area contributed by atoms with E-state index in [0.717, 1.165) is 18.6 Å². The molecule has 0 saturated carbocycles. The second-order valence-electron chi connectivity index (χ2n) is 8.45. The molecule has 3 aromatic rings. The predicted molar refractivity (Wildman–Crippen MR) is 127 cm³/mol. The summed E-state index contributed by atoms with van der Waals surface area (Å²) in [6, 6.07) is 13.5. The first kappa shape index (κ1) is 28.7. The summed E-state index contributed by atoms with van der Waals surface area (Å²) in [5.41, 5.74) is -5.53. The molecule has 3 rings (SSSR count). The second-order valence-corrected chi connectivity index (χ2v) is 8.45. The summed E-state index contributed by atoms with van der Waals surface area (Å²) in [5.74, 6) is -0.428. The molecule has 1 aromatic heterocycles. The van der Waals surface area contributed by atoms with Gasteiger partial charge < -0.3 is 15.0 Å². The number of nitrogens with zero attached hydrogens (tertiary/aromatic N) is 3. The van der Waals surface area contributed by atoms with Crippen LogP contribution in [0.4, 0.5) is 26.3 Å². The van der Waals surface area contributed by atoms with Crippen molar-refractivity contribution >= 4 is 5.91 Å². The Balaban J connectivity index is 2.19. The van der Waals surface area contributed by atoms with Crippen LogP contribution in [0.3, 0.4) is 0 Å². The highest BCUT2D eigenvalue weighted by Gasteiger charge is 2.71. The van der Waals surface area contributed by atoms with Crippen molar-refractivity contribution in [3.8, 4) is 28.7 Å². The minimum absolute atomic E-state index is 0.0149. The first-order chi connectivity index (χ1) is 17.9. The Bertz CT molecular complexity index is 1280. The van der Waals surface area contributed by atoms with Gasteiger partial charge in [-0.05, 0) is 6.42 Å². The van der Waals surface area contributed by atoms with E-state index in [-0.39, 0.29) is 35.7 Å². The van der Waals surface area contributed by atoms with Crippen molar-refractivity contribution in [3.63, 3.8) is 0 Å². The predicted octanol–water partition coefficient (Wildman–Crippen LogP) is 5.97. The molecule has 0 saturated heterocycles. The largest absolute Gasteiger partial charge is 0.430 e. The Morgan fingerprint density at radius 3 is 2.13 bits per heavy atom. The Kier molecular flexibility index (Phi) is 8.51. The van der Waals surface area contributed by atoms with Crippen LogP contribution >= 0.6 is 0 Å². The molecule has 0 spiro atoms. The monoisotopic (exact) mass is 538 g/mol. The number of amides is 1. The van der Waals surface area contributed by atoms with Gasteiger partial charge in [-0.25, -0.2) is 4.98 Å². The molecule has 12 heteroatoms. The highest BCUT2D eigenvalue weighted by molar-refractivity contribution is 5.99. The van der Waals surface area contributed by atoms with Gasteiger partial charge in [-0.2, -0.15) is 31.6 Å². The number of rotatable bonds is 9. The minimum atomic E-state index is -6.03. The molecule has 0 atom stereocenters. The number of hydrogen-bond donors (Lipinski definition) is 2. The van der Waals surface area contributed by atoms with Crippen molar-refractivity contribution < 1.29 is 36.2 Å². The zero-order chi connectivity index (χ0) is 28.1. The molecule has 1 amide bonds. The molecular weight excluding hydrogens is 514 g/mol. The van der Waals surface area contributed by atoms with Crippen LogP contribution in [0.1, 0.15) is 42.2 Å². The number of benzene rings is 2. The number of carbonyl (C=O) groups is 1. The maximum absolute atomic E-state index is 13.3. The normalized spacial score (nSPS) is 12.3. The third-order valence-electron chi connectivity index (χ3n) is 5.87. The maximum Gasteiger partial charge on any atom is 0.430 e. The molecule has 2 aromatic carbocycles. The number of alkyl halides is 6. The van der Waals surface area contributed by atoms with Crippen molar-refractivity contribution in [2.45, 2.75) is 50.7 Å². The van der Waals surface area contributed by atoms with Crippen LogP contribution < -0.4 is 5.32 Å². The van der Waals surface area contributed by atoms with Crippen molar-refractivity contribution in [3.05, 3.63) is 65.9 Å². The van der Waals surface area contributed by atoms with Crippen LogP contribution in [0, 0.1) is 11.3 Å². The van der Waals surface area contributed by atoms with Crippen LogP contribution in [0.15, 0.2) is 54.6 Å². The lowest BCUT2D eigenvalue weighted by atomic mass is 9.91. The molecule has 202 valence electrons. The molecule has 2 N–H and O–H groups in total. The van der Waals surface area contributed by atoms with Gasteiger partial charge in [0.1, 0.15) is 17.2 Å². The Labute approximate surface area is 214 Å². The number of halogens is 6. The van der Waals surface area contributed by atoms with Crippen LogP contribution in [0.25, 0.3) is 22.6 Å². The summed E-state index contributed by atoms with van der Waals surface area (Å²) in [7, 11) is 0. The number of aliphatic hydroxyl groups is 1. The standard InChI is InChI=1S/C26H24F6N4O2/c1-2-3-15-34-23(37)21-20(17-8-5-4-6-9-17)35-22(36(21)16-7-14-33)18-10-12-19(13-11-18)24(38,25(27,28)29)26(30,31)32/h4-6,8-13,38H,2-3,7,15-16H2,1H3,(H,34,37). The van der Waals surface area contributed by atoms with Crippen molar-refractivity contribution in [2.24, 2.45) is 0 Å². The van der Waals surface area contributed by atoms with Crippen LogP contribution in [-0.4, -0.2) is 39.5 Å². The molecule has 0 fully saturated rings. The van der Waals surface area contributed by atoms with Crippen LogP contribution in [-0.2, 0) is 12.1 Å². The van der Waals surface area contributed by atoms with Crippen molar-refractivity contribution in [2.75, 3.05) is 6.54 Å². The summed E-state index contributed by atoms with van der Waals surface area (Å²) in [4.78, 5) is 17.7. The second kappa shape index (κ2) is 11.3. The van der Waals surface area contributed by atoms with Gasteiger partial charge in [-0.3, -0.25) is 4.79 Å². The third-order valence-corrected chi connectivity index (χ3v) is 5.87. The number of imidazole rings is 1. The van der Waals surface area contributed by atoms with E-state index in [2.05, 4.69) is 10.3 Å². The Morgan fingerprint density at radius 1 is 1.00 bits per heavy atom. The number of nitrogens with one attached hydrogen (secondary N) is 1. The van der Waals surface area contributed by atoms with Crippen molar-refractivity contribution in [1.29, 1.82) is 5.26 Å². The fraction of sp³-hybridized carbons (Fsp3) is 0.346. The molecule has 0 aliphatic carbocycles. The summed E-state index contributed by atoms with van der Waals surface area (Å²) >= 11 is 0. The number of hydrogen-bond acceptors (Lipinski definition) is 4. The average molecular weight is 538 g/mol. The van der Waals surface area contributed by atoms with E-state index in [1.165, 1.54) is 4.57 Å². The van der Waals surface area contributed by atoms with Gasteiger partial charge in [0, 0.05) is 29.8 Å². The number of aromatic nitrogens is 2.